The van der Waals surface area contributed by atoms with Gasteiger partial charge in [-0.15, -0.1) is 11.3 Å². The predicted molar refractivity (Wildman–Crippen MR) is 108 cm³/mol. The van der Waals surface area contributed by atoms with Gasteiger partial charge in [-0.05, 0) is 37.1 Å². The number of nitrogens with one attached hydrogen (secondary N) is 2. The number of thiazole rings is 1. The van der Waals surface area contributed by atoms with Crippen LogP contribution in [0.3, 0.4) is 0 Å². The summed E-state index contributed by atoms with van der Waals surface area (Å²) in [6, 6.07) is 7.20. The highest BCUT2D eigenvalue weighted by molar-refractivity contribution is 7.13. The SMILES string of the molecule is Cn1cc(-c2nc(C(=O)Nc3ccc(C(=O)NC4CCCC4)cc3)cs2)cn1. The van der Waals surface area contributed by atoms with Gasteiger partial charge in [-0.25, -0.2) is 4.98 Å². The summed E-state index contributed by atoms with van der Waals surface area (Å²) in [4.78, 5) is 29.1. The lowest BCUT2D eigenvalue weighted by Gasteiger charge is -2.12. The van der Waals surface area contributed by atoms with Crippen LogP contribution < -0.4 is 10.6 Å². The van der Waals surface area contributed by atoms with Gasteiger partial charge in [0.15, 0.2) is 0 Å². The zero-order valence-electron chi connectivity index (χ0n) is 15.5. The number of aromatic nitrogens is 3. The number of carbonyl (C=O) groups excluding carboxylic acids is 2. The van der Waals surface area contributed by atoms with Crippen molar-refractivity contribution in [1.29, 1.82) is 0 Å². The Bertz CT molecular complexity index is 986. The summed E-state index contributed by atoms with van der Waals surface area (Å²) in [6.45, 7) is 0. The van der Waals surface area contributed by atoms with Crippen LogP contribution >= 0.6 is 11.3 Å². The van der Waals surface area contributed by atoms with Crippen molar-refractivity contribution >= 4 is 28.8 Å². The molecule has 4 rings (SSSR count). The van der Waals surface area contributed by atoms with E-state index in [-0.39, 0.29) is 17.9 Å². The molecule has 28 heavy (non-hydrogen) atoms. The molecule has 2 amide bonds. The lowest BCUT2D eigenvalue weighted by atomic mass is 10.1. The third-order valence-corrected chi connectivity index (χ3v) is 5.68. The van der Waals surface area contributed by atoms with Gasteiger partial charge in [-0.2, -0.15) is 5.10 Å². The zero-order valence-corrected chi connectivity index (χ0v) is 16.3. The number of rotatable bonds is 5. The van der Waals surface area contributed by atoms with Crippen molar-refractivity contribution in [1.82, 2.24) is 20.1 Å². The minimum atomic E-state index is -0.283. The van der Waals surface area contributed by atoms with Crippen molar-refractivity contribution in [3.63, 3.8) is 0 Å². The van der Waals surface area contributed by atoms with Crippen molar-refractivity contribution in [2.75, 3.05) is 5.32 Å². The standard InChI is InChI=1S/C20H21N5O2S/c1-25-11-14(10-21-25)20-24-17(12-28-20)19(27)23-16-8-6-13(7-9-16)18(26)22-15-4-2-3-5-15/h6-12,15H,2-5H2,1H3,(H,22,26)(H,23,27). The van der Waals surface area contributed by atoms with Crippen molar-refractivity contribution in [3.8, 4) is 10.6 Å². The number of hydrogen-bond donors (Lipinski definition) is 2. The first-order valence-corrected chi connectivity index (χ1v) is 10.1. The maximum Gasteiger partial charge on any atom is 0.275 e. The van der Waals surface area contributed by atoms with Crippen LogP contribution in [0.1, 0.15) is 46.5 Å². The minimum absolute atomic E-state index is 0.0645. The van der Waals surface area contributed by atoms with E-state index in [1.165, 1.54) is 24.2 Å². The second-order valence-electron chi connectivity index (χ2n) is 6.93. The number of carbonyl (C=O) groups is 2. The summed E-state index contributed by atoms with van der Waals surface area (Å²) in [5, 5.41) is 12.5. The third kappa shape index (κ3) is 4.12. The fourth-order valence-corrected chi connectivity index (χ4v) is 4.06. The van der Waals surface area contributed by atoms with E-state index in [0.29, 0.717) is 16.9 Å². The molecule has 2 N–H and O–H groups in total. The number of aryl methyl sites for hydroxylation is 1. The van der Waals surface area contributed by atoms with E-state index >= 15 is 0 Å². The molecule has 0 bridgehead atoms. The van der Waals surface area contributed by atoms with Gasteiger partial charge < -0.3 is 10.6 Å². The molecule has 0 aliphatic heterocycles. The smallest absolute Gasteiger partial charge is 0.275 e. The van der Waals surface area contributed by atoms with Gasteiger partial charge in [-0.3, -0.25) is 14.3 Å². The molecular formula is C20H21N5O2S. The Morgan fingerprint density at radius 2 is 1.89 bits per heavy atom. The summed E-state index contributed by atoms with van der Waals surface area (Å²) < 4.78 is 1.70. The first kappa shape index (κ1) is 18.4. The molecule has 1 aliphatic rings. The molecule has 0 saturated heterocycles. The van der Waals surface area contributed by atoms with E-state index in [0.717, 1.165) is 23.4 Å². The van der Waals surface area contributed by atoms with Crippen LogP contribution in [0, 0.1) is 0 Å². The summed E-state index contributed by atoms with van der Waals surface area (Å²) in [5.74, 6) is -0.347. The van der Waals surface area contributed by atoms with Gasteiger partial charge in [0.1, 0.15) is 10.7 Å². The first-order valence-electron chi connectivity index (χ1n) is 9.25. The van der Waals surface area contributed by atoms with Crippen molar-refractivity contribution in [2.24, 2.45) is 7.05 Å². The van der Waals surface area contributed by atoms with Crippen molar-refractivity contribution < 1.29 is 9.59 Å². The zero-order chi connectivity index (χ0) is 19.5. The average molecular weight is 395 g/mol. The number of benzene rings is 1. The number of nitrogens with zero attached hydrogens (tertiary/aromatic N) is 3. The maximum atomic E-state index is 12.4. The lowest BCUT2D eigenvalue weighted by molar-refractivity contribution is 0.0937. The molecule has 3 aromatic rings. The first-order chi connectivity index (χ1) is 13.6. The van der Waals surface area contributed by atoms with E-state index in [9.17, 15) is 9.59 Å². The van der Waals surface area contributed by atoms with Gasteiger partial charge in [0.2, 0.25) is 0 Å². The Morgan fingerprint density at radius 1 is 1.14 bits per heavy atom. The Labute approximate surface area is 166 Å². The van der Waals surface area contributed by atoms with Gasteiger partial charge in [0, 0.05) is 41.5 Å². The molecule has 0 atom stereocenters. The number of hydrogen-bond acceptors (Lipinski definition) is 5. The van der Waals surface area contributed by atoms with Crippen molar-refractivity contribution in [3.05, 3.63) is 53.3 Å². The summed E-state index contributed by atoms with van der Waals surface area (Å²) >= 11 is 1.40. The van der Waals surface area contributed by atoms with Gasteiger partial charge in [0.05, 0.1) is 6.20 Å². The maximum absolute atomic E-state index is 12.4. The van der Waals surface area contributed by atoms with E-state index < -0.39 is 0 Å². The fourth-order valence-electron chi connectivity index (χ4n) is 3.28. The summed E-state index contributed by atoms with van der Waals surface area (Å²) in [5.41, 5.74) is 2.45. The van der Waals surface area contributed by atoms with Gasteiger partial charge in [-0.1, -0.05) is 12.8 Å². The van der Waals surface area contributed by atoms with E-state index in [2.05, 4.69) is 20.7 Å². The Balaban J connectivity index is 1.38. The lowest BCUT2D eigenvalue weighted by Crippen LogP contribution is -2.32. The van der Waals surface area contributed by atoms with Crippen LogP contribution in [0.15, 0.2) is 42.0 Å². The van der Waals surface area contributed by atoms with Crippen LogP contribution in [0.2, 0.25) is 0 Å². The fraction of sp³-hybridized carbons (Fsp3) is 0.300. The molecule has 1 saturated carbocycles. The number of anilines is 1. The molecule has 7 nitrogen and oxygen atoms in total. The highest BCUT2D eigenvalue weighted by Gasteiger charge is 2.18. The quantitative estimate of drug-likeness (QED) is 0.692. The highest BCUT2D eigenvalue weighted by Crippen LogP contribution is 2.23. The third-order valence-electron chi connectivity index (χ3n) is 4.78. The van der Waals surface area contributed by atoms with Crippen LogP contribution in [0.4, 0.5) is 5.69 Å². The summed E-state index contributed by atoms with van der Waals surface area (Å²) in [7, 11) is 1.84. The van der Waals surface area contributed by atoms with E-state index in [4.69, 9.17) is 0 Å². The number of amides is 2. The normalized spacial score (nSPS) is 14.2. The van der Waals surface area contributed by atoms with Crippen LogP contribution in [0.25, 0.3) is 10.6 Å². The molecule has 0 unspecified atom stereocenters. The molecule has 1 aliphatic carbocycles. The largest absolute Gasteiger partial charge is 0.349 e. The molecule has 1 aromatic carbocycles. The van der Waals surface area contributed by atoms with E-state index in [1.807, 2.05) is 13.2 Å². The molecule has 2 aromatic heterocycles. The Morgan fingerprint density at radius 3 is 2.57 bits per heavy atom. The topological polar surface area (TPSA) is 88.9 Å². The van der Waals surface area contributed by atoms with Crippen molar-refractivity contribution in [2.45, 2.75) is 31.7 Å². The molecule has 1 fully saturated rings. The molecule has 0 radical (unpaired) electrons. The van der Waals surface area contributed by atoms with Crippen LogP contribution in [-0.4, -0.2) is 32.6 Å². The van der Waals surface area contributed by atoms with Crippen LogP contribution in [0.5, 0.6) is 0 Å². The van der Waals surface area contributed by atoms with Crippen LogP contribution in [-0.2, 0) is 7.05 Å². The Kier molecular flexibility index (Phi) is 5.21. The molecule has 2 heterocycles. The monoisotopic (exact) mass is 395 g/mol. The molecule has 0 spiro atoms. The van der Waals surface area contributed by atoms with E-state index in [1.54, 1.807) is 40.5 Å². The predicted octanol–water partition coefficient (Wildman–Crippen LogP) is 3.47. The second-order valence-corrected chi connectivity index (χ2v) is 7.78. The Hall–Kier alpha value is -3.00. The minimum Gasteiger partial charge on any atom is -0.349 e. The van der Waals surface area contributed by atoms with Gasteiger partial charge >= 0.3 is 0 Å². The van der Waals surface area contributed by atoms with Gasteiger partial charge in [0.25, 0.3) is 11.8 Å². The highest BCUT2D eigenvalue weighted by atomic mass is 32.1. The second kappa shape index (κ2) is 7.93. The summed E-state index contributed by atoms with van der Waals surface area (Å²) in [6.07, 6.45) is 8.03. The molecule has 8 heteroatoms. The molecular weight excluding hydrogens is 374 g/mol. The average Bonchev–Trinajstić information content (AvgIpc) is 3.43. The molecule has 144 valence electrons.